The number of carbonyl (C=O) groups excluding carboxylic acids is 2. The van der Waals surface area contributed by atoms with Crippen LogP contribution in [0.25, 0.3) is 0 Å². The van der Waals surface area contributed by atoms with Crippen LogP contribution in [-0.4, -0.2) is 34.3 Å². The molecule has 25 heavy (non-hydrogen) atoms. The predicted octanol–water partition coefficient (Wildman–Crippen LogP) is 2.89. The fourth-order valence-corrected chi connectivity index (χ4v) is 4.33. The van der Waals surface area contributed by atoms with Gasteiger partial charge in [0, 0.05) is 19.2 Å². The number of nitrogens with zero attached hydrogens (tertiary/aromatic N) is 2. The van der Waals surface area contributed by atoms with E-state index in [1.165, 1.54) is 6.26 Å². The Bertz CT molecular complexity index is 844. The number of benzene rings is 1. The molecule has 3 heterocycles. The standard InChI is InChI=1S/C19H21N3O3/c1-3-6-16-19(13-7-4-5-8-14(13)21-18(19)24)9-10-22(16)17(23)15-11-25-12(2)20-15/h4-5,7-8,11,16H,3,6,9-10H2,1-2H3,(H,21,24)/t16-,19+/m0/s1. The lowest BCUT2D eigenvalue weighted by Crippen LogP contribution is -2.48. The molecule has 2 amide bonds. The van der Waals surface area contributed by atoms with Crippen molar-refractivity contribution < 1.29 is 14.0 Å². The van der Waals surface area contributed by atoms with Gasteiger partial charge in [0.15, 0.2) is 11.6 Å². The third-order valence-electron chi connectivity index (χ3n) is 5.41. The topological polar surface area (TPSA) is 75.4 Å². The van der Waals surface area contributed by atoms with Crippen molar-refractivity contribution in [3.8, 4) is 0 Å². The van der Waals surface area contributed by atoms with Crippen LogP contribution in [0.3, 0.4) is 0 Å². The second-order valence-electron chi connectivity index (χ2n) is 6.78. The summed E-state index contributed by atoms with van der Waals surface area (Å²) in [6.07, 6.45) is 3.69. The molecule has 1 saturated heterocycles. The van der Waals surface area contributed by atoms with Gasteiger partial charge in [-0.3, -0.25) is 9.59 Å². The van der Waals surface area contributed by atoms with Crippen molar-refractivity contribution in [1.29, 1.82) is 0 Å². The van der Waals surface area contributed by atoms with E-state index in [-0.39, 0.29) is 17.9 Å². The molecule has 1 aromatic carbocycles. The van der Waals surface area contributed by atoms with E-state index in [0.717, 1.165) is 24.1 Å². The minimum absolute atomic E-state index is 0.00113. The van der Waals surface area contributed by atoms with Gasteiger partial charge in [0.1, 0.15) is 6.26 Å². The molecule has 2 aliphatic rings. The maximum atomic E-state index is 13.0. The molecule has 0 unspecified atom stereocenters. The number of fused-ring (bicyclic) bond motifs is 2. The zero-order chi connectivity index (χ0) is 17.6. The van der Waals surface area contributed by atoms with E-state index in [2.05, 4.69) is 17.2 Å². The van der Waals surface area contributed by atoms with Crippen molar-refractivity contribution in [1.82, 2.24) is 9.88 Å². The Kier molecular flexibility index (Phi) is 3.63. The van der Waals surface area contributed by atoms with Crippen LogP contribution in [0, 0.1) is 6.92 Å². The Morgan fingerprint density at radius 2 is 2.24 bits per heavy atom. The lowest BCUT2D eigenvalue weighted by Gasteiger charge is -2.33. The van der Waals surface area contributed by atoms with Crippen molar-refractivity contribution in [2.75, 3.05) is 11.9 Å². The Morgan fingerprint density at radius 1 is 1.44 bits per heavy atom. The van der Waals surface area contributed by atoms with Gasteiger partial charge in [0.25, 0.3) is 5.91 Å². The van der Waals surface area contributed by atoms with Crippen molar-refractivity contribution in [2.45, 2.75) is 44.6 Å². The van der Waals surface area contributed by atoms with Gasteiger partial charge in [-0.05, 0) is 24.5 Å². The molecule has 2 atom stereocenters. The summed E-state index contributed by atoms with van der Waals surface area (Å²) in [6, 6.07) is 7.63. The number of amides is 2. The fraction of sp³-hybridized carbons (Fsp3) is 0.421. The zero-order valence-electron chi connectivity index (χ0n) is 14.4. The quantitative estimate of drug-likeness (QED) is 0.933. The number of hydrogen-bond acceptors (Lipinski definition) is 4. The second-order valence-corrected chi connectivity index (χ2v) is 6.78. The summed E-state index contributed by atoms with van der Waals surface area (Å²) in [5.74, 6) is 0.302. The van der Waals surface area contributed by atoms with Gasteiger partial charge < -0.3 is 14.6 Å². The fourth-order valence-electron chi connectivity index (χ4n) is 4.33. The molecule has 4 rings (SSSR count). The number of aromatic nitrogens is 1. The van der Waals surface area contributed by atoms with Crippen LogP contribution >= 0.6 is 0 Å². The van der Waals surface area contributed by atoms with Gasteiger partial charge in [0.2, 0.25) is 5.91 Å². The highest BCUT2D eigenvalue weighted by Crippen LogP contribution is 2.49. The first kappa shape index (κ1) is 15.9. The lowest BCUT2D eigenvalue weighted by molar-refractivity contribution is -0.121. The molecule has 1 aromatic heterocycles. The van der Waals surface area contributed by atoms with Gasteiger partial charge in [-0.2, -0.15) is 0 Å². The summed E-state index contributed by atoms with van der Waals surface area (Å²) >= 11 is 0. The minimum Gasteiger partial charge on any atom is -0.448 e. The number of likely N-dealkylation sites (tertiary alicyclic amines) is 1. The van der Waals surface area contributed by atoms with Gasteiger partial charge in [-0.15, -0.1) is 0 Å². The normalized spacial score (nSPS) is 24.6. The molecule has 1 spiro atoms. The number of nitrogens with one attached hydrogen (secondary N) is 1. The molecule has 0 aliphatic carbocycles. The highest BCUT2D eigenvalue weighted by molar-refractivity contribution is 6.08. The van der Waals surface area contributed by atoms with E-state index in [9.17, 15) is 9.59 Å². The number of anilines is 1. The first-order chi connectivity index (χ1) is 12.1. The summed E-state index contributed by atoms with van der Waals surface area (Å²) in [5.41, 5.74) is 1.51. The second kappa shape index (κ2) is 5.72. The third kappa shape index (κ3) is 2.20. The van der Waals surface area contributed by atoms with E-state index >= 15 is 0 Å². The van der Waals surface area contributed by atoms with Crippen molar-refractivity contribution in [3.63, 3.8) is 0 Å². The van der Waals surface area contributed by atoms with E-state index < -0.39 is 5.41 Å². The monoisotopic (exact) mass is 339 g/mol. The Labute approximate surface area is 146 Å². The number of hydrogen-bond donors (Lipinski definition) is 1. The molecule has 2 aliphatic heterocycles. The van der Waals surface area contributed by atoms with E-state index in [4.69, 9.17) is 4.42 Å². The third-order valence-corrected chi connectivity index (χ3v) is 5.41. The highest BCUT2D eigenvalue weighted by Gasteiger charge is 2.58. The average molecular weight is 339 g/mol. The smallest absolute Gasteiger partial charge is 0.276 e. The molecule has 0 bridgehead atoms. The highest BCUT2D eigenvalue weighted by atomic mass is 16.3. The van der Waals surface area contributed by atoms with Crippen LogP contribution in [0.5, 0.6) is 0 Å². The Balaban J connectivity index is 1.76. The molecule has 0 saturated carbocycles. The van der Waals surface area contributed by atoms with E-state index in [0.29, 0.717) is 24.6 Å². The minimum atomic E-state index is -0.666. The number of aryl methyl sites for hydroxylation is 1. The SMILES string of the molecule is CCC[C@@H]1N(C(=O)c2coc(C)n2)CC[C@]12C(=O)Nc1ccccc12. The summed E-state index contributed by atoms with van der Waals surface area (Å²) in [5, 5.41) is 3.01. The van der Waals surface area contributed by atoms with Crippen LogP contribution in [0.2, 0.25) is 0 Å². The molecular formula is C19H21N3O3. The predicted molar refractivity (Wildman–Crippen MR) is 92.3 cm³/mol. The van der Waals surface area contributed by atoms with Gasteiger partial charge in [-0.25, -0.2) is 4.98 Å². The number of oxazole rings is 1. The summed E-state index contributed by atoms with van der Waals surface area (Å²) < 4.78 is 5.20. The van der Waals surface area contributed by atoms with Crippen molar-refractivity contribution in [2.24, 2.45) is 0 Å². The van der Waals surface area contributed by atoms with E-state index in [1.54, 1.807) is 6.92 Å². The van der Waals surface area contributed by atoms with Gasteiger partial charge in [0.05, 0.1) is 11.5 Å². The first-order valence-electron chi connectivity index (χ1n) is 8.72. The molecule has 1 N–H and O–H groups in total. The number of carbonyl (C=O) groups is 2. The Morgan fingerprint density at radius 3 is 2.96 bits per heavy atom. The van der Waals surface area contributed by atoms with Crippen molar-refractivity contribution >= 4 is 17.5 Å². The summed E-state index contributed by atoms with van der Waals surface area (Å²) in [7, 11) is 0. The maximum absolute atomic E-state index is 13.0. The van der Waals surface area contributed by atoms with Crippen LogP contribution in [0.4, 0.5) is 5.69 Å². The molecular weight excluding hydrogens is 318 g/mol. The van der Waals surface area contributed by atoms with Gasteiger partial charge in [-0.1, -0.05) is 31.5 Å². The van der Waals surface area contributed by atoms with Crippen LogP contribution < -0.4 is 5.32 Å². The lowest BCUT2D eigenvalue weighted by atomic mass is 9.73. The maximum Gasteiger partial charge on any atom is 0.276 e. The average Bonchev–Trinajstić information content (AvgIpc) is 3.27. The van der Waals surface area contributed by atoms with Crippen LogP contribution in [-0.2, 0) is 10.2 Å². The molecule has 0 radical (unpaired) electrons. The summed E-state index contributed by atoms with van der Waals surface area (Å²) in [6.45, 7) is 4.33. The zero-order valence-corrected chi connectivity index (χ0v) is 14.4. The van der Waals surface area contributed by atoms with Gasteiger partial charge >= 0.3 is 0 Å². The largest absolute Gasteiger partial charge is 0.448 e. The first-order valence-corrected chi connectivity index (χ1v) is 8.72. The molecule has 6 heteroatoms. The molecule has 6 nitrogen and oxygen atoms in total. The number of rotatable bonds is 3. The van der Waals surface area contributed by atoms with Crippen molar-refractivity contribution in [3.05, 3.63) is 47.7 Å². The summed E-state index contributed by atoms with van der Waals surface area (Å²) in [4.78, 5) is 31.9. The molecule has 1 fully saturated rings. The van der Waals surface area contributed by atoms with Crippen LogP contribution in [0.15, 0.2) is 34.9 Å². The molecule has 2 aromatic rings. The van der Waals surface area contributed by atoms with E-state index in [1.807, 2.05) is 29.2 Å². The van der Waals surface area contributed by atoms with Crippen LogP contribution in [0.1, 0.15) is 48.1 Å². The molecule has 130 valence electrons. The number of para-hydroxylation sites is 1. The Hall–Kier alpha value is -2.63.